The van der Waals surface area contributed by atoms with Gasteiger partial charge >= 0.3 is 6.18 Å². The summed E-state index contributed by atoms with van der Waals surface area (Å²) < 4.78 is 66.2. The number of likely N-dealkylation sites (N-methyl/N-ethyl adjacent to an activating group) is 1. The van der Waals surface area contributed by atoms with Crippen molar-refractivity contribution in [3.05, 3.63) is 233 Å². The van der Waals surface area contributed by atoms with Gasteiger partial charge in [-0.3, -0.25) is 0 Å². The van der Waals surface area contributed by atoms with Gasteiger partial charge in [-0.25, -0.2) is 12.7 Å². The second kappa shape index (κ2) is 44.6. The Balaban J connectivity index is 0.000000135. The van der Waals surface area contributed by atoms with Gasteiger partial charge in [-0.1, -0.05) is 163 Å². The van der Waals surface area contributed by atoms with E-state index in [-0.39, 0.29) is 0 Å². The fourth-order valence-electron chi connectivity index (χ4n) is 16.3. The smallest absolute Gasteiger partial charge is 0.340 e. The Morgan fingerprint density at radius 2 is 0.792 bits per heavy atom. The number of hydroxylamine groups is 2. The normalized spacial score (nSPS) is 15.6. The number of para-hydroxylation sites is 5. The minimum Gasteiger partial charge on any atom is -0.340 e. The number of sulfonamides is 1. The summed E-state index contributed by atoms with van der Waals surface area (Å²) in [5.41, 5.74) is 11.3. The Morgan fingerprint density at radius 3 is 1.20 bits per heavy atom. The van der Waals surface area contributed by atoms with Crippen LogP contribution in [0.25, 0.3) is 0 Å². The number of fused-ring (bicyclic) bond motifs is 10. The third kappa shape index (κ3) is 24.7. The molecule has 0 amide bonds. The van der Waals surface area contributed by atoms with Crippen molar-refractivity contribution in [2.45, 2.75) is 106 Å². The highest BCUT2D eigenvalue weighted by atomic mass is 35.5. The largest absolute Gasteiger partial charge is 0.416 e. The van der Waals surface area contributed by atoms with Gasteiger partial charge in [0.1, 0.15) is 0 Å². The van der Waals surface area contributed by atoms with Gasteiger partial charge in [0.15, 0.2) is 0 Å². The van der Waals surface area contributed by atoms with E-state index >= 15 is 0 Å². The first-order valence-corrected chi connectivity index (χ1v) is 49.2. The monoisotopic (exact) mass is 1840 g/mol. The van der Waals surface area contributed by atoms with Crippen molar-refractivity contribution in [3.63, 3.8) is 0 Å². The molecule has 0 aromatic heterocycles. The lowest BCUT2D eigenvalue weighted by atomic mass is 10.1. The molecule has 7 aliphatic rings. The molecule has 2 fully saturated rings. The molecule has 2 saturated heterocycles. The number of halogens is 5. The van der Waals surface area contributed by atoms with Gasteiger partial charge in [0.2, 0.25) is 10.0 Å². The van der Waals surface area contributed by atoms with E-state index in [9.17, 15) is 32.1 Å². The Hall–Kier alpha value is -7.60. The highest BCUT2D eigenvalue weighted by Crippen LogP contribution is 2.54. The number of rotatable bonds is 24. The molecule has 17 rings (SSSR count). The minimum absolute atomic E-state index is 0.313. The molecule has 662 valence electrons. The van der Waals surface area contributed by atoms with Gasteiger partial charge in [0.05, 0.1) is 79.0 Å². The molecular formula is C97H115Cl2F3N14O3S6. The molecule has 7 heterocycles. The summed E-state index contributed by atoms with van der Waals surface area (Å²) in [5, 5.41) is 21.8. The van der Waals surface area contributed by atoms with Crippen molar-refractivity contribution in [1.82, 2.24) is 38.8 Å². The Labute approximate surface area is 770 Å². The summed E-state index contributed by atoms with van der Waals surface area (Å²) in [6.07, 6.45) is 0.00956. The van der Waals surface area contributed by atoms with E-state index in [0.29, 0.717) is 28.6 Å². The van der Waals surface area contributed by atoms with E-state index in [1.807, 2.05) is 103 Å². The number of nitriles is 1. The number of benzene rings is 10. The zero-order chi connectivity index (χ0) is 88.5. The van der Waals surface area contributed by atoms with Gasteiger partial charge in [-0.2, -0.15) is 23.5 Å². The number of nitrogens with zero attached hydrogens (tertiary/aromatic N) is 14. The van der Waals surface area contributed by atoms with E-state index in [1.165, 1.54) is 96.0 Å². The predicted octanol–water partition coefficient (Wildman–Crippen LogP) is 22.8. The molecule has 10 aromatic carbocycles. The van der Waals surface area contributed by atoms with Crippen LogP contribution in [0.2, 0.25) is 10.0 Å². The summed E-state index contributed by atoms with van der Waals surface area (Å²) >= 11 is 21.1. The standard InChI is InChI=1S/C22H30N4O2S2.C20H22N4OS.C19H23ClN2S.C19H21F3N2S.C17H19ClN2S/c1-23(2)30(27,28)18-9-10-22-20(17-18)26(19-7-4-5-8-21(19)29-22)12-6-11-25-15-13-24(3)14-16-25;21-15-16-6-7-20-18(14-16)24(17-4-1-2-5-19(17)26-20)9-3-8-22-10-12-23(25)13-11-22;1-3-21(4-2)12-7-13-22-16-8-5-6-9-18(16)23-19-11-10-15(20)14-17(19)22;1-13(11-23(2)3)12-24-15-6-4-5-7-17(15)25-18-9-8-14(10-16(18)24)19(20,21)22;1-19(2)10-5-11-20-14-6-3-4-7-16(14)21-17-9-8-13(18)12-15(17)20/h4-5,7-10,17H,6,11-16H2,1-3H3;1-2,4-7,14,25H,3,8-13H2;5-6,8-11,14H,3-4,7,12-13H2,1-2H3;4-10,13H,11-12H2,1-3H3;3-4,6-9,12H,5,10-11H2,1-2H3. The third-order valence-electron chi connectivity index (χ3n) is 22.8. The molecule has 7 aliphatic heterocycles. The molecule has 1 N–H and O–H groups in total. The quantitative estimate of drug-likeness (QED) is 0.0617. The fraction of sp³-hybridized carbons (Fsp3) is 0.371. The maximum Gasteiger partial charge on any atom is 0.416 e. The second-order valence-corrected chi connectivity index (χ2v) is 41.2. The van der Waals surface area contributed by atoms with Crippen LogP contribution in [0.1, 0.15) is 57.6 Å². The summed E-state index contributed by atoms with van der Waals surface area (Å²) in [6, 6.07) is 72.1. The molecule has 28 heteroatoms. The van der Waals surface area contributed by atoms with Crippen LogP contribution in [0.3, 0.4) is 0 Å². The maximum atomic E-state index is 13.2. The molecule has 1 unspecified atom stereocenters. The van der Waals surface area contributed by atoms with Crippen molar-refractivity contribution in [3.8, 4) is 6.07 Å². The molecule has 17 nitrogen and oxygen atoms in total. The highest BCUT2D eigenvalue weighted by molar-refractivity contribution is 8.00. The number of anilines is 10. The minimum atomic E-state index is -4.34. The molecule has 1 atom stereocenters. The third-order valence-corrected chi connectivity index (χ3v) is 30.8. The van der Waals surface area contributed by atoms with Crippen LogP contribution >= 0.6 is 82.0 Å². The average molecular weight is 1850 g/mol. The molecule has 0 saturated carbocycles. The van der Waals surface area contributed by atoms with Crippen molar-refractivity contribution < 1.29 is 26.8 Å². The second-order valence-electron chi connectivity index (χ2n) is 32.7. The van der Waals surface area contributed by atoms with Gasteiger partial charge in [0, 0.05) is 165 Å². The molecular weight excluding hydrogens is 1730 g/mol. The average Bonchev–Trinajstić information content (AvgIpc) is 0.776. The Morgan fingerprint density at radius 1 is 0.432 bits per heavy atom. The molecule has 0 bridgehead atoms. The van der Waals surface area contributed by atoms with Gasteiger partial charge in [-0.05, 0) is 258 Å². The van der Waals surface area contributed by atoms with Gasteiger partial charge < -0.3 is 59.1 Å². The van der Waals surface area contributed by atoms with Crippen LogP contribution in [-0.2, 0) is 16.2 Å². The summed E-state index contributed by atoms with van der Waals surface area (Å²) in [4.78, 5) is 37.9. The summed E-state index contributed by atoms with van der Waals surface area (Å²) in [7, 11) is 10.1. The predicted molar refractivity (Wildman–Crippen MR) is 517 cm³/mol. The van der Waals surface area contributed by atoms with Crippen molar-refractivity contribution in [2.75, 3.05) is 205 Å². The number of hydrogen-bond donors (Lipinski definition) is 1. The van der Waals surface area contributed by atoms with Crippen LogP contribution in [0.5, 0.6) is 0 Å². The van der Waals surface area contributed by atoms with Crippen LogP contribution in [0.4, 0.5) is 70.0 Å². The highest BCUT2D eigenvalue weighted by Gasteiger charge is 2.35. The summed E-state index contributed by atoms with van der Waals surface area (Å²) in [5.74, 6) is 0.313. The number of hydrogen-bond acceptors (Lipinski definition) is 21. The first kappa shape index (κ1) is 95.0. The van der Waals surface area contributed by atoms with Crippen molar-refractivity contribution in [2.24, 2.45) is 5.92 Å². The lowest BCUT2D eigenvalue weighted by molar-refractivity contribution is -0.137. The summed E-state index contributed by atoms with van der Waals surface area (Å²) in [6.45, 7) is 26.2. The Bertz CT molecular complexity index is 5440. The fourth-order valence-corrected chi connectivity index (χ4v) is 23.0. The first-order valence-electron chi connectivity index (χ1n) is 43.0. The van der Waals surface area contributed by atoms with E-state index < -0.39 is 21.8 Å². The lowest BCUT2D eigenvalue weighted by Crippen LogP contribution is -2.45. The maximum absolute atomic E-state index is 13.2. The van der Waals surface area contributed by atoms with Crippen LogP contribution in [0.15, 0.2) is 266 Å². The molecule has 10 aromatic rings. The molecule has 125 heavy (non-hydrogen) atoms. The van der Waals surface area contributed by atoms with Crippen LogP contribution in [0, 0.1) is 17.2 Å². The SMILES string of the molecule is CC(CN(C)C)CN1c2ccccc2Sc2ccc(C(F)(F)F)cc21.CCN(CC)CCCN1c2ccccc2Sc2ccc(Cl)cc21.CN(C)CCCN1c2ccccc2Sc2ccc(Cl)cc21.CN1CCN(CCCN2c3ccccc3Sc3ccc(S(=O)(=O)N(C)C)cc32)CC1.N#Cc1ccc2c(c1)N(CCCN1CCN(O)CC1)c1ccccc1S2. The van der Waals surface area contributed by atoms with Crippen LogP contribution in [-0.4, -0.2) is 233 Å². The van der Waals surface area contributed by atoms with E-state index in [4.69, 9.17) is 23.2 Å². The zero-order valence-corrected chi connectivity index (χ0v) is 79.5. The van der Waals surface area contributed by atoms with Crippen molar-refractivity contribution >= 4 is 149 Å². The van der Waals surface area contributed by atoms with Crippen LogP contribution < -0.4 is 24.5 Å². The lowest BCUT2D eigenvalue weighted by Gasteiger charge is -2.35. The van der Waals surface area contributed by atoms with Gasteiger partial charge in [0.25, 0.3) is 0 Å². The zero-order valence-electron chi connectivity index (χ0n) is 73.1. The molecule has 0 spiro atoms. The first-order chi connectivity index (χ1) is 60.2. The number of alkyl halides is 3. The van der Waals surface area contributed by atoms with E-state index in [2.05, 4.69) is 224 Å². The molecule has 0 aliphatic carbocycles. The topological polar surface area (TPSA) is 120 Å². The van der Waals surface area contributed by atoms with Gasteiger partial charge in [-0.15, -0.1) is 0 Å². The van der Waals surface area contributed by atoms with E-state index in [1.54, 1.807) is 49.8 Å². The molecule has 0 radical (unpaired) electrons. The van der Waals surface area contributed by atoms with Crippen molar-refractivity contribution in [1.29, 1.82) is 5.26 Å². The number of piperazine rings is 2. The Kier molecular flexibility index (Phi) is 33.9. The van der Waals surface area contributed by atoms with E-state index in [0.717, 1.165) is 198 Å².